The molecule has 0 saturated carbocycles. The fourth-order valence-electron chi connectivity index (χ4n) is 6.74. The molecule has 7 aromatic carbocycles. The molecule has 9 rings (SSSR count). The maximum atomic E-state index is 14.3. The van der Waals surface area contributed by atoms with Gasteiger partial charge in [-0.05, 0) is 22.9 Å². The third-order valence-electron chi connectivity index (χ3n) is 8.25. The lowest BCUT2D eigenvalue weighted by Crippen LogP contribution is -2.19. The number of aromatic nitrogens is 2. The van der Waals surface area contributed by atoms with E-state index in [1.54, 1.807) is 0 Å². The first-order valence-corrected chi connectivity index (χ1v) is 16.7. The van der Waals surface area contributed by atoms with Crippen molar-refractivity contribution in [3.8, 4) is 0 Å². The van der Waals surface area contributed by atoms with Crippen LogP contribution in [0.1, 0.15) is 55.4 Å². The zero-order valence-electron chi connectivity index (χ0n) is 28.1. The molecule has 0 spiro atoms. The molecule has 0 bridgehead atoms. The van der Waals surface area contributed by atoms with Crippen molar-refractivity contribution in [3.05, 3.63) is 118 Å². The van der Waals surface area contributed by atoms with Crippen LogP contribution in [-0.2, 0) is 0 Å². The number of para-hydroxylation sites is 2. The van der Waals surface area contributed by atoms with Crippen LogP contribution in [-0.4, -0.2) is 0 Å². The predicted molar refractivity (Wildman–Crippen MR) is 200 cm³/mol. The maximum Gasteiger partial charge on any atom is 0.225 e. The van der Waals surface area contributed by atoms with Gasteiger partial charge >= 0.3 is 0 Å². The summed E-state index contributed by atoms with van der Waals surface area (Å²) >= 11 is 0. The minimum Gasteiger partial charge on any atom is -0.288 e. The van der Waals surface area contributed by atoms with E-state index in [2.05, 4.69) is 22.1 Å². The highest BCUT2D eigenvalue weighted by Gasteiger charge is 2.30. The first kappa shape index (κ1) is 32.2. The predicted octanol–water partition coefficient (Wildman–Crippen LogP) is 10.2. The summed E-state index contributed by atoms with van der Waals surface area (Å²) in [7, 11) is 0. The highest BCUT2D eigenvalue weighted by molar-refractivity contribution is 6.40. The molecular formula is C42H42N2O2+2. The lowest BCUT2D eigenvalue weighted by Gasteiger charge is -2.13. The zero-order chi connectivity index (χ0) is 33.1. The molecule has 0 amide bonds. The molecule has 0 radical (unpaired) electrons. The summed E-state index contributed by atoms with van der Waals surface area (Å²) in [5.74, 6) is 0. The molecule has 2 aromatic heterocycles. The van der Waals surface area contributed by atoms with E-state index in [1.165, 1.54) is 0 Å². The second-order valence-corrected chi connectivity index (χ2v) is 10.1. The summed E-state index contributed by atoms with van der Waals surface area (Å²) < 4.78 is 0. The second kappa shape index (κ2) is 13.4. The Hall–Kier alpha value is -5.22. The highest BCUT2D eigenvalue weighted by Crippen LogP contribution is 2.42. The van der Waals surface area contributed by atoms with Gasteiger partial charge < -0.3 is 0 Å². The molecule has 0 saturated heterocycles. The van der Waals surface area contributed by atoms with E-state index in [0.29, 0.717) is 32.6 Å². The Balaban J connectivity index is 0.000000487. The van der Waals surface area contributed by atoms with E-state index in [4.69, 9.17) is 0 Å². The normalized spacial score (nSPS) is 10.8. The fourth-order valence-corrected chi connectivity index (χ4v) is 6.74. The molecule has 2 heterocycles. The van der Waals surface area contributed by atoms with Gasteiger partial charge in [0.2, 0.25) is 32.9 Å². The Kier molecular flexibility index (Phi) is 9.39. The molecule has 230 valence electrons. The second-order valence-electron chi connectivity index (χ2n) is 10.1. The Morgan fingerprint density at radius 1 is 0.326 bits per heavy atom. The maximum absolute atomic E-state index is 14.3. The molecule has 4 nitrogen and oxygen atoms in total. The van der Waals surface area contributed by atoms with E-state index in [-0.39, 0.29) is 10.9 Å². The standard InChI is InChI=1S/C34H16N2O2.4C2H6/c37-33-19-11-3-1-9-17(19)25-21-13-5-7-15-23(21)35-31-27(25)29(33)32-28-26(22-14-6-8-16-24(22)36-32)18-10-2-4-12-20(18)34(38)30(28)31;4*1-2/h1-16H;4*1-2H3/p+2. The number of nitrogens with one attached hydrogen (secondary N) is 2. The van der Waals surface area contributed by atoms with Gasteiger partial charge in [-0.3, -0.25) is 9.59 Å². The number of fused-ring (bicyclic) bond motifs is 10. The summed E-state index contributed by atoms with van der Waals surface area (Å²) in [5, 5.41) is 10.0. The van der Waals surface area contributed by atoms with Crippen molar-refractivity contribution in [1.82, 2.24) is 0 Å². The van der Waals surface area contributed by atoms with Crippen molar-refractivity contribution in [3.63, 3.8) is 0 Å². The average molecular weight is 607 g/mol. The van der Waals surface area contributed by atoms with E-state index in [9.17, 15) is 9.59 Å². The van der Waals surface area contributed by atoms with E-state index < -0.39 is 0 Å². The van der Waals surface area contributed by atoms with E-state index >= 15 is 0 Å². The number of benzene rings is 7. The van der Waals surface area contributed by atoms with Crippen molar-refractivity contribution in [2.75, 3.05) is 0 Å². The Labute approximate surface area is 269 Å². The van der Waals surface area contributed by atoms with Gasteiger partial charge in [-0.15, -0.1) is 0 Å². The van der Waals surface area contributed by atoms with Crippen molar-refractivity contribution in [2.24, 2.45) is 0 Å². The molecule has 9 aromatic rings. The van der Waals surface area contributed by atoms with Gasteiger partial charge in [-0.2, -0.15) is 0 Å². The van der Waals surface area contributed by atoms with Crippen LogP contribution in [0.15, 0.2) is 107 Å². The lowest BCUT2D eigenvalue weighted by atomic mass is 9.87. The van der Waals surface area contributed by atoms with Crippen molar-refractivity contribution < 1.29 is 9.97 Å². The molecule has 4 heteroatoms. The van der Waals surface area contributed by atoms with Crippen LogP contribution in [0.2, 0.25) is 0 Å². The number of aromatic amines is 2. The van der Waals surface area contributed by atoms with Crippen LogP contribution in [0.5, 0.6) is 0 Å². The minimum atomic E-state index is -0.0304. The minimum absolute atomic E-state index is 0.0304. The number of rotatable bonds is 0. The molecule has 0 atom stereocenters. The van der Waals surface area contributed by atoms with Gasteiger partial charge in [0.1, 0.15) is 10.8 Å². The molecule has 0 aliphatic heterocycles. The van der Waals surface area contributed by atoms with Crippen LogP contribution in [0.25, 0.3) is 86.7 Å². The summed E-state index contributed by atoms with van der Waals surface area (Å²) in [6, 6.07) is 31.9. The van der Waals surface area contributed by atoms with E-state index in [0.717, 1.165) is 54.1 Å². The van der Waals surface area contributed by atoms with Crippen LogP contribution in [0.3, 0.4) is 0 Å². The van der Waals surface area contributed by atoms with Crippen LogP contribution in [0, 0.1) is 0 Å². The third kappa shape index (κ3) is 4.51. The van der Waals surface area contributed by atoms with Crippen LogP contribution in [0.4, 0.5) is 0 Å². The monoisotopic (exact) mass is 606 g/mol. The van der Waals surface area contributed by atoms with Gasteiger partial charge in [-0.25, -0.2) is 9.97 Å². The van der Waals surface area contributed by atoms with Crippen molar-refractivity contribution >= 4 is 86.7 Å². The third-order valence-corrected chi connectivity index (χ3v) is 8.25. The zero-order valence-corrected chi connectivity index (χ0v) is 28.1. The van der Waals surface area contributed by atoms with Crippen molar-refractivity contribution in [2.45, 2.75) is 55.4 Å². The number of H-pyrrole nitrogens is 2. The van der Waals surface area contributed by atoms with Crippen LogP contribution < -0.4 is 20.8 Å². The highest BCUT2D eigenvalue weighted by atomic mass is 16.1. The average Bonchev–Trinajstić information content (AvgIpc) is 3.14. The lowest BCUT2D eigenvalue weighted by molar-refractivity contribution is -0.311. The number of pyridine rings is 2. The number of hydrogen-bond donors (Lipinski definition) is 0. The summed E-state index contributed by atoms with van der Waals surface area (Å²) in [5.41, 5.74) is 3.23. The van der Waals surface area contributed by atoms with E-state index in [1.807, 2.05) is 140 Å². The van der Waals surface area contributed by atoms with Gasteiger partial charge in [0, 0.05) is 33.7 Å². The number of hydrogen-bond acceptors (Lipinski definition) is 2. The molecule has 46 heavy (non-hydrogen) atoms. The first-order chi connectivity index (χ1) is 22.7. The Morgan fingerprint density at radius 2 is 0.609 bits per heavy atom. The quantitative estimate of drug-likeness (QED) is 0.127. The first-order valence-electron chi connectivity index (χ1n) is 16.7. The van der Waals surface area contributed by atoms with Gasteiger partial charge in [-0.1, -0.05) is 128 Å². The summed E-state index contributed by atoms with van der Waals surface area (Å²) in [4.78, 5) is 35.8. The van der Waals surface area contributed by atoms with Gasteiger partial charge in [0.25, 0.3) is 0 Å². The smallest absolute Gasteiger partial charge is 0.225 e. The molecule has 0 aliphatic carbocycles. The Bertz CT molecular complexity index is 2430. The molecule has 2 N–H and O–H groups in total. The van der Waals surface area contributed by atoms with Gasteiger partial charge in [0.05, 0.1) is 21.5 Å². The fraction of sp³-hybridized carbons (Fsp3) is 0.190. The molecule has 0 aliphatic rings. The van der Waals surface area contributed by atoms with Gasteiger partial charge in [0.15, 0.2) is 0 Å². The topological polar surface area (TPSA) is 62.4 Å². The summed E-state index contributed by atoms with van der Waals surface area (Å²) in [6.07, 6.45) is 0. The molecule has 0 fully saturated rings. The summed E-state index contributed by atoms with van der Waals surface area (Å²) in [6.45, 7) is 16.0. The Morgan fingerprint density at radius 3 is 0.957 bits per heavy atom. The molecular weight excluding hydrogens is 564 g/mol. The largest absolute Gasteiger partial charge is 0.288 e. The SMILES string of the molecule is CC.CC.CC.CC.O=c1c2ccccc2c2c3ccccc3[nH+]c3c4c(=O)c5ccccc5c5c6ccccc6[nH+]c(c1c32)c45. The van der Waals surface area contributed by atoms with Crippen molar-refractivity contribution in [1.29, 1.82) is 0 Å². The van der Waals surface area contributed by atoms with Crippen LogP contribution >= 0.6 is 0 Å². The molecule has 0 unspecified atom stereocenters.